The van der Waals surface area contributed by atoms with E-state index in [2.05, 4.69) is 15.9 Å². The molecule has 1 rings (SSSR count). The zero-order valence-electron chi connectivity index (χ0n) is 8.54. The van der Waals surface area contributed by atoms with Crippen molar-refractivity contribution in [3.8, 4) is 0 Å². The van der Waals surface area contributed by atoms with Crippen molar-refractivity contribution in [3.63, 3.8) is 0 Å². The molecular weight excluding hydrogens is 279 g/mol. The van der Waals surface area contributed by atoms with E-state index in [1.807, 2.05) is 0 Å². The molecule has 1 N–H and O–H groups in total. The van der Waals surface area contributed by atoms with E-state index in [-0.39, 0.29) is 22.2 Å². The van der Waals surface area contributed by atoms with Gasteiger partial charge in [0.25, 0.3) is 0 Å². The van der Waals surface area contributed by atoms with Gasteiger partial charge in [-0.05, 0) is 28.1 Å². The molecule has 0 spiro atoms. The molecule has 1 unspecified atom stereocenters. The van der Waals surface area contributed by atoms with Gasteiger partial charge in [0.1, 0.15) is 5.82 Å². The lowest BCUT2D eigenvalue weighted by atomic mass is 9.96. The highest BCUT2D eigenvalue weighted by molar-refractivity contribution is 9.10. The van der Waals surface area contributed by atoms with Crippen molar-refractivity contribution in [2.75, 3.05) is 0 Å². The van der Waals surface area contributed by atoms with Crippen LogP contribution in [0, 0.1) is 11.7 Å². The number of carboxylic acid groups (broad SMARTS) is 1. The highest BCUT2D eigenvalue weighted by atomic mass is 79.9. The lowest BCUT2D eigenvalue weighted by Gasteiger charge is -2.07. The van der Waals surface area contributed by atoms with Gasteiger partial charge in [0.05, 0.1) is 10.9 Å². The first kappa shape index (κ1) is 12.8. The van der Waals surface area contributed by atoms with Gasteiger partial charge in [0.2, 0.25) is 0 Å². The summed E-state index contributed by atoms with van der Waals surface area (Å²) in [6.07, 6.45) is -0.253. The zero-order chi connectivity index (χ0) is 12.3. The normalized spacial score (nSPS) is 12.2. The van der Waals surface area contributed by atoms with E-state index in [1.165, 1.54) is 19.1 Å². The Bertz CT molecular complexity index is 431. The highest BCUT2D eigenvalue weighted by Crippen LogP contribution is 2.19. The largest absolute Gasteiger partial charge is 0.481 e. The summed E-state index contributed by atoms with van der Waals surface area (Å²) in [6.45, 7) is 1.51. The van der Waals surface area contributed by atoms with Crippen molar-refractivity contribution in [2.24, 2.45) is 5.92 Å². The van der Waals surface area contributed by atoms with Crippen molar-refractivity contribution in [1.29, 1.82) is 0 Å². The molecule has 0 amide bonds. The van der Waals surface area contributed by atoms with Crippen molar-refractivity contribution < 1.29 is 19.1 Å². The van der Waals surface area contributed by atoms with Crippen LogP contribution in [-0.4, -0.2) is 16.9 Å². The van der Waals surface area contributed by atoms with Gasteiger partial charge in [-0.25, -0.2) is 4.39 Å². The fraction of sp³-hybridized carbons (Fsp3) is 0.273. The highest BCUT2D eigenvalue weighted by Gasteiger charge is 2.18. The first-order valence-electron chi connectivity index (χ1n) is 4.63. The average Bonchev–Trinajstić information content (AvgIpc) is 2.20. The molecule has 0 saturated heterocycles. The first-order valence-corrected chi connectivity index (χ1v) is 5.42. The van der Waals surface area contributed by atoms with Crippen LogP contribution in [0.2, 0.25) is 0 Å². The summed E-state index contributed by atoms with van der Waals surface area (Å²) < 4.78 is 13.4. The van der Waals surface area contributed by atoms with Gasteiger partial charge in [0, 0.05) is 11.5 Å². The SMILES string of the molecule is CC(CC(=O)O)C(=O)c1ccc(Br)c(F)c1. The number of benzene rings is 1. The second-order valence-electron chi connectivity index (χ2n) is 3.49. The van der Waals surface area contributed by atoms with E-state index in [1.54, 1.807) is 0 Å². The number of hydrogen-bond donors (Lipinski definition) is 1. The number of rotatable bonds is 4. The minimum Gasteiger partial charge on any atom is -0.481 e. The Morgan fingerprint density at radius 3 is 2.62 bits per heavy atom. The summed E-state index contributed by atoms with van der Waals surface area (Å²) in [4.78, 5) is 22.1. The van der Waals surface area contributed by atoms with Crippen LogP contribution < -0.4 is 0 Å². The Kier molecular flexibility index (Phi) is 4.18. The third-order valence-electron chi connectivity index (χ3n) is 2.13. The predicted octanol–water partition coefficient (Wildman–Crippen LogP) is 2.88. The van der Waals surface area contributed by atoms with E-state index in [0.717, 1.165) is 6.07 Å². The monoisotopic (exact) mass is 288 g/mol. The molecule has 0 fully saturated rings. The second-order valence-corrected chi connectivity index (χ2v) is 4.35. The molecule has 86 valence electrons. The van der Waals surface area contributed by atoms with Crippen LogP contribution in [0.15, 0.2) is 22.7 Å². The molecule has 0 bridgehead atoms. The molecule has 1 aromatic rings. The Morgan fingerprint density at radius 1 is 1.50 bits per heavy atom. The molecule has 0 aromatic heterocycles. The van der Waals surface area contributed by atoms with E-state index >= 15 is 0 Å². The van der Waals surface area contributed by atoms with Crippen LogP contribution in [0.3, 0.4) is 0 Å². The standard InChI is InChI=1S/C11H10BrFO3/c1-6(4-10(14)15)11(16)7-2-3-8(12)9(13)5-7/h2-3,5-6H,4H2,1H3,(H,14,15). The van der Waals surface area contributed by atoms with Gasteiger partial charge < -0.3 is 5.11 Å². The van der Waals surface area contributed by atoms with Crippen LogP contribution in [0.4, 0.5) is 4.39 Å². The Labute approximate surface area is 100 Å². The quantitative estimate of drug-likeness (QED) is 0.867. The van der Waals surface area contributed by atoms with E-state index in [9.17, 15) is 14.0 Å². The number of Topliss-reactive ketones (excluding diaryl/α,β-unsaturated/α-hetero) is 1. The van der Waals surface area contributed by atoms with Gasteiger partial charge in [-0.15, -0.1) is 0 Å². The maximum atomic E-state index is 13.2. The smallest absolute Gasteiger partial charge is 0.304 e. The van der Waals surface area contributed by atoms with Gasteiger partial charge >= 0.3 is 5.97 Å². The Hall–Kier alpha value is -1.23. The molecule has 5 heteroatoms. The second kappa shape index (κ2) is 5.21. The van der Waals surface area contributed by atoms with Crippen LogP contribution in [-0.2, 0) is 4.79 Å². The number of hydrogen-bond acceptors (Lipinski definition) is 2. The summed E-state index contributed by atoms with van der Waals surface area (Å²) >= 11 is 2.98. The molecule has 3 nitrogen and oxygen atoms in total. The number of ketones is 1. The third kappa shape index (κ3) is 3.13. The van der Waals surface area contributed by atoms with Gasteiger partial charge in [-0.2, -0.15) is 0 Å². The number of carbonyl (C=O) groups is 2. The molecule has 0 aliphatic heterocycles. The number of aliphatic carboxylic acids is 1. The van der Waals surface area contributed by atoms with Crippen molar-refractivity contribution in [1.82, 2.24) is 0 Å². The van der Waals surface area contributed by atoms with Gasteiger partial charge in [-0.1, -0.05) is 13.0 Å². The van der Waals surface area contributed by atoms with Crippen LogP contribution in [0.25, 0.3) is 0 Å². The van der Waals surface area contributed by atoms with Crippen LogP contribution in [0.5, 0.6) is 0 Å². The maximum absolute atomic E-state index is 13.2. The molecule has 0 saturated carbocycles. The predicted molar refractivity (Wildman–Crippen MR) is 59.8 cm³/mol. The first-order chi connectivity index (χ1) is 7.41. The number of halogens is 2. The van der Waals surface area contributed by atoms with Gasteiger partial charge in [-0.3, -0.25) is 9.59 Å². The van der Waals surface area contributed by atoms with Crippen molar-refractivity contribution in [2.45, 2.75) is 13.3 Å². The lowest BCUT2D eigenvalue weighted by molar-refractivity contribution is -0.137. The zero-order valence-corrected chi connectivity index (χ0v) is 10.1. The molecule has 1 aromatic carbocycles. The van der Waals surface area contributed by atoms with E-state index < -0.39 is 17.7 Å². The van der Waals surface area contributed by atoms with Crippen LogP contribution >= 0.6 is 15.9 Å². The fourth-order valence-electron chi connectivity index (χ4n) is 1.29. The lowest BCUT2D eigenvalue weighted by Crippen LogP contribution is -2.15. The molecule has 16 heavy (non-hydrogen) atoms. The molecule has 0 radical (unpaired) electrons. The van der Waals surface area contributed by atoms with E-state index in [0.29, 0.717) is 0 Å². The topological polar surface area (TPSA) is 54.4 Å². The minimum absolute atomic E-state index is 0.189. The summed E-state index contributed by atoms with van der Waals surface area (Å²) in [5.74, 6) is -2.60. The Balaban J connectivity index is 2.88. The summed E-state index contributed by atoms with van der Waals surface area (Å²) in [6, 6.07) is 3.99. The maximum Gasteiger partial charge on any atom is 0.304 e. The minimum atomic E-state index is -1.04. The summed E-state index contributed by atoms with van der Waals surface area (Å²) in [7, 11) is 0. The summed E-state index contributed by atoms with van der Waals surface area (Å²) in [5.41, 5.74) is 0.189. The average molecular weight is 289 g/mol. The van der Waals surface area contributed by atoms with Crippen LogP contribution in [0.1, 0.15) is 23.7 Å². The third-order valence-corrected chi connectivity index (χ3v) is 2.78. The van der Waals surface area contributed by atoms with Crippen molar-refractivity contribution >= 4 is 27.7 Å². The molecular formula is C11H10BrFO3. The molecule has 0 aliphatic rings. The Morgan fingerprint density at radius 2 is 2.12 bits per heavy atom. The molecule has 0 heterocycles. The fourth-order valence-corrected chi connectivity index (χ4v) is 1.54. The van der Waals surface area contributed by atoms with E-state index in [4.69, 9.17) is 5.11 Å². The molecule has 1 atom stereocenters. The molecule has 0 aliphatic carbocycles. The number of carboxylic acids is 1. The number of carbonyl (C=O) groups excluding carboxylic acids is 1. The van der Waals surface area contributed by atoms with Gasteiger partial charge in [0.15, 0.2) is 5.78 Å². The van der Waals surface area contributed by atoms with Crippen molar-refractivity contribution in [3.05, 3.63) is 34.1 Å². The summed E-state index contributed by atoms with van der Waals surface area (Å²) in [5, 5.41) is 8.54.